The van der Waals surface area contributed by atoms with Crippen molar-refractivity contribution < 1.29 is 9.90 Å². The Morgan fingerprint density at radius 2 is 1.79 bits per heavy atom. The Kier molecular flexibility index (Phi) is 4.14. The van der Waals surface area contributed by atoms with E-state index < -0.39 is 5.97 Å². The highest BCUT2D eigenvalue weighted by Gasteiger charge is 2.08. The van der Waals surface area contributed by atoms with E-state index in [2.05, 4.69) is 10.3 Å². The normalized spacial score (nSPS) is 10.3. The molecule has 98 valence electrons. The van der Waals surface area contributed by atoms with E-state index in [1.165, 1.54) is 24.4 Å². The average Bonchev–Trinajstić information content (AvgIpc) is 2.36. The van der Waals surface area contributed by atoms with E-state index in [1.807, 2.05) is 0 Å². The molecule has 0 aliphatic rings. The Morgan fingerprint density at radius 3 is 2.47 bits per heavy atom. The van der Waals surface area contributed by atoms with Crippen LogP contribution in [0.25, 0.3) is 0 Å². The Labute approximate surface area is 123 Å². The summed E-state index contributed by atoms with van der Waals surface area (Å²) in [4.78, 5) is 14.9. The monoisotopic (exact) mass is 316 g/mol. The second kappa shape index (κ2) is 5.65. The van der Waals surface area contributed by atoms with Gasteiger partial charge in [-0.1, -0.05) is 34.8 Å². The zero-order valence-corrected chi connectivity index (χ0v) is 11.6. The van der Waals surface area contributed by atoms with Gasteiger partial charge in [-0.25, -0.2) is 9.78 Å². The predicted octanol–water partition coefficient (Wildman–Crippen LogP) is 4.48. The number of carboxylic acids is 1. The highest BCUT2D eigenvalue weighted by atomic mass is 35.5. The van der Waals surface area contributed by atoms with Gasteiger partial charge in [0.2, 0.25) is 0 Å². The van der Waals surface area contributed by atoms with Gasteiger partial charge >= 0.3 is 5.97 Å². The van der Waals surface area contributed by atoms with Crippen molar-refractivity contribution in [2.75, 3.05) is 5.32 Å². The van der Waals surface area contributed by atoms with E-state index in [4.69, 9.17) is 39.9 Å². The molecule has 1 aromatic heterocycles. The van der Waals surface area contributed by atoms with Crippen LogP contribution in [0.15, 0.2) is 30.5 Å². The van der Waals surface area contributed by atoms with Gasteiger partial charge in [0.1, 0.15) is 5.82 Å². The van der Waals surface area contributed by atoms with Crippen LogP contribution >= 0.6 is 34.8 Å². The first-order valence-electron chi connectivity index (χ1n) is 5.08. The molecule has 0 radical (unpaired) electrons. The molecule has 0 saturated heterocycles. The maximum absolute atomic E-state index is 10.9. The Hall–Kier alpha value is -1.49. The van der Waals surface area contributed by atoms with E-state index in [9.17, 15) is 4.79 Å². The zero-order chi connectivity index (χ0) is 14.0. The van der Waals surface area contributed by atoms with Gasteiger partial charge in [-0.05, 0) is 24.3 Å². The van der Waals surface area contributed by atoms with Gasteiger partial charge in [-0.15, -0.1) is 0 Å². The highest BCUT2D eigenvalue weighted by molar-refractivity contribution is 6.44. The van der Waals surface area contributed by atoms with Gasteiger partial charge in [0, 0.05) is 6.20 Å². The number of rotatable bonds is 3. The second-order valence-corrected chi connectivity index (χ2v) is 4.83. The first-order valence-corrected chi connectivity index (χ1v) is 6.21. The molecule has 19 heavy (non-hydrogen) atoms. The van der Waals surface area contributed by atoms with Crippen LogP contribution in [0.1, 0.15) is 10.4 Å². The van der Waals surface area contributed by atoms with Crippen molar-refractivity contribution in [1.29, 1.82) is 0 Å². The predicted molar refractivity (Wildman–Crippen MR) is 76.0 cm³/mol. The lowest BCUT2D eigenvalue weighted by Crippen LogP contribution is -2.00. The first kappa shape index (κ1) is 13.9. The fraction of sp³-hybridized carbons (Fsp3) is 0. The molecule has 2 N–H and O–H groups in total. The number of carboxylic acid groups (broad SMARTS) is 1. The molecule has 0 fully saturated rings. The van der Waals surface area contributed by atoms with Gasteiger partial charge in [0.15, 0.2) is 0 Å². The van der Waals surface area contributed by atoms with E-state index in [-0.39, 0.29) is 5.56 Å². The second-order valence-electron chi connectivity index (χ2n) is 3.61. The number of hydrogen-bond acceptors (Lipinski definition) is 3. The maximum Gasteiger partial charge on any atom is 0.335 e. The quantitative estimate of drug-likeness (QED) is 0.819. The Balaban J connectivity index is 2.33. The lowest BCUT2D eigenvalue weighted by Gasteiger charge is -2.09. The molecule has 0 amide bonds. The minimum Gasteiger partial charge on any atom is -0.478 e. The number of nitrogens with one attached hydrogen (secondary N) is 1. The molecule has 0 bridgehead atoms. The third-order valence-electron chi connectivity index (χ3n) is 2.28. The van der Waals surface area contributed by atoms with E-state index >= 15 is 0 Å². The summed E-state index contributed by atoms with van der Waals surface area (Å²) in [6.07, 6.45) is 1.39. The minimum absolute atomic E-state index is 0.119. The molecule has 4 nitrogen and oxygen atoms in total. The fourth-order valence-corrected chi connectivity index (χ4v) is 1.98. The summed E-state index contributed by atoms with van der Waals surface area (Å²) in [5.74, 6) is -0.689. The Bertz CT molecular complexity index is 647. The third kappa shape index (κ3) is 3.29. The van der Waals surface area contributed by atoms with Crippen LogP contribution in [-0.4, -0.2) is 16.1 Å². The summed E-state index contributed by atoms with van der Waals surface area (Å²) in [5.41, 5.74) is 0.611. The molecular weight excluding hydrogens is 311 g/mol. The number of hydrogen-bond donors (Lipinski definition) is 2. The number of benzene rings is 1. The molecule has 0 atom stereocenters. The number of nitrogens with zero attached hydrogens (tertiary/aromatic N) is 1. The van der Waals surface area contributed by atoms with Crippen LogP contribution in [0.5, 0.6) is 0 Å². The van der Waals surface area contributed by atoms with E-state index in [0.717, 1.165) is 0 Å². The van der Waals surface area contributed by atoms with Crippen molar-refractivity contribution in [1.82, 2.24) is 4.98 Å². The van der Waals surface area contributed by atoms with Crippen molar-refractivity contribution in [2.24, 2.45) is 0 Å². The summed E-state index contributed by atoms with van der Waals surface area (Å²) in [6, 6.07) is 5.82. The van der Waals surface area contributed by atoms with Gasteiger partial charge in [0.05, 0.1) is 26.3 Å². The number of aromatic carboxylic acids is 1. The SMILES string of the molecule is O=C(O)c1ccnc(Nc2cc(Cl)c(Cl)cc2Cl)c1. The number of carbonyl (C=O) groups is 1. The molecule has 0 spiro atoms. The van der Waals surface area contributed by atoms with Crippen LogP contribution in [0, 0.1) is 0 Å². The number of aromatic nitrogens is 1. The lowest BCUT2D eigenvalue weighted by atomic mass is 10.2. The molecule has 0 saturated carbocycles. The molecule has 0 aliphatic carbocycles. The van der Waals surface area contributed by atoms with Gasteiger partial charge < -0.3 is 10.4 Å². The van der Waals surface area contributed by atoms with Crippen molar-refractivity contribution in [3.63, 3.8) is 0 Å². The van der Waals surface area contributed by atoms with Gasteiger partial charge in [0.25, 0.3) is 0 Å². The zero-order valence-electron chi connectivity index (χ0n) is 9.32. The van der Waals surface area contributed by atoms with Crippen LogP contribution < -0.4 is 5.32 Å². The van der Waals surface area contributed by atoms with Crippen LogP contribution in [0.2, 0.25) is 15.1 Å². The summed E-state index contributed by atoms with van der Waals surface area (Å²) >= 11 is 17.7. The Morgan fingerprint density at radius 1 is 1.11 bits per heavy atom. The molecule has 1 aromatic carbocycles. The molecular formula is C12H7Cl3N2O2. The molecule has 0 unspecified atom stereocenters. The third-order valence-corrected chi connectivity index (χ3v) is 3.31. The largest absolute Gasteiger partial charge is 0.478 e. The summed E-state index contributed by atoms with van der Waals surface area (Å²) in [6.45, 7) is 0. The smallest absolute Gasteiger partial charge is 0.335 e. The van der Waals surface area contributed by atoms with Crippen molar-refractivity contribution in [3.05, 3.63) is 51.1 Å². The highest BCUT2D eigenvalue weighted by Crippen LogP contribution is 2.33. The molecule has 2 aromatic rings. The van der Waals surface area contributed by atoms with Crippen LogP contribution in [0.4, 0.5) is 11.5 Å². The topological polar surface area (TPSA) is 62.2 Å². The number of pyridine rings is 1. The van der Waals surface area contributed by atoms with Crippen molar-refractivity contribution >= 4 is 52.3 Å². The maximum atomic E-state index is 10.9. The van der Waals surface area contributed by atoms with Gasteiger partial charge in [-0.3, -0.25) is 0 Å². The number of halogens is 3. The number of anilines is 2. The summed E-state index contributed by atoms with van der Waals surface area (Å²) < 4.78 is 0. The average molecular weight is 318 g/mol. The lowest BCUT2D eigenvalue weighted by molar-refractivity contribution is 0.0697. The molecule has 2 rings (SSSR count). The molecule has 1 heterocycles. The van der Waals surface area contributed by atoms with Gasteiger partial charge in [-0.2, -0.15) is 0 Å². The van der Waals surface area contributed by atoms with E-state index in [1.54, 1.807) is 6.07 Å². The first-order chi connectivity index (χ1) is 8.97. The van der Waals surface area contributed by atoms with Crippen LogP contribution in [-0.2, 0) is 0 Å². The van der Waals surface area contributed by atoms with E-state index in [0.29, 0.717) is 26.6 Å². The summed E-state index contributed by atoms with van der Waals surface area (Å²) in [5, 5.41) is 12.8. The van der Waals surface area contributed by atoms with Crippen LogP contribution in [0.3, 0.4) is 0 Å². The molecule has 0 aliphatic heterocycles. The summed E-state index contributed by atoms with van der Waals surface area (Å²) in [7, 11) is 0. The fourth-order valence-electron chi connectivity index (χ4n) is 1.39. The van der Waals surface area contributed by atoms with Crippen molar-refractivity contribution in [2.45, 2.75) is 0 Å². The standard InChI is InChI=1S/C12H7Cl3N2O2/c13-7-4-9(15)10(5-8(7)14)17-11-3-6(12(18)19)1-2-16-11/h1-5H,(H,16,17)(H,18,19). The van der Waals surface area contributed by atoms with Crippen molar-refractivity contribution in [3.8, 4) is 0 Å². The molecule has 7 heteroatoms. The minimum atomic E-state index is -1.04.